The molecule has 2 rings (SSSR count). The van der Waals surface area contributed by atoms with Gasteiger partial charge in [-0.25, -0.2) is 0 Å². The Morgan fingerprint density at radius 2 is 2.14 bits per heavy atom. The number of amides is 1. The van der Waals surface area contributed by atoms with Crippen molar-refractivity contribution in [1.82, 2.24) is 15.5 Å². The molecule has 1 aliphatic rings. The molecule has 1 fully saturated rings. The third-order valence-electron chi connectivity index (χ3n) is 3.46. The molecule has 21 heavy (non-hydrogen) atoms. The lowest BCUT2D eigenvalue weighted by Gasteiger charge is -2.27. The number of ether oxygens (including phenoxy) is 1. The molecule has 2 N–H and O–H groups in total. The smallest absolute Gasteiger partial charge is 0.224 e. The number of nitrogens with one attached hydrogen (secondary N) is 2. The summed E-state index contributed by atoms with van der Waals surface area (Å²) >= 11 is 0. The molecular formula is C15H24ClN3O2. The third-order valence-corrected chi connectivity index (χ3v) is 3.46. The van der Waals surface area contributed by atoms with E-state index < -0.39 is 0 Å². The minimum absolute atomic E-state index is 0. The first-order valence-corrected chi connectivity index (χ1v) is 7.10. The van der Waals surface area contributed by atoms with Crippen LogP contribution in [0.1, 0.15) is 5.56 Å². The topological polar surface area (TPSA) is 53.6 Å². The minimum Gasteiger partial charge on any atom is -0.497 e. The molecule has 1 heterocycles. The van der Waals surface area contributed by atoms with Gasteiger partial charge >= 0.3 is 0 Å². The van der Waals surface area contributed by atoms with Gasteiger partial charge in [-0.3, -0.25) is 9.69 Å². The summed E-state index contributed by atoms with van der Waals surface area (Å²) < 4.78 is 5.15. The molecule has 1 aromatic rings. The lowest BCUT2D eigenvalue weighted by Crippen LogP contribution is -2.46. The van der Waals surface area contributed by atoms with Crippen LogP contribution in [-0.2, 0) is 11.2 Å². The van der Waals surface area contributed by atoms with E-state index in [1.54, 1.807) is 7.11 Å². The molecule has 5 nitrogen and oxygen atoms in total. The number of methoxy groups -OCH3 is 1. The van der Waals surface area contributed by atoms with E-state index in [2.05, 4.69) is 15.5 Å². The number of hydrogen-bond acceptors (Lipinski definition) is 4. The Morgan fingerprint density at radius 3 is 2.86 bits per heavy atom. The van der Waals surface area contributed by atoms with Crippen molar-refractivity contribution >= 4 is 18.3 Å². The number of halogens is 1. The fraction of sp³-hybridized carbons (Fsp3) is 0.533. The maximum atomic E-state index is 11.9. The summed E-state index contributed by atoms with van der Waals surface area (Å²) in [6, 6.07) is 7.63. The van der Waals surface area contributed by atoms with E-state index in [4.69, 9.17) is 4.74 Å². The van der Waals surface area contributed by atoms with E-state index in [9.17, 15) is 4.79 Å². The molecule has 0 aliphatic carbocycles. The van der Waals surface area contributed by atoms with Crippen LogP contribution < -0.4 is 15.4 Å². The molecule has 0 atom stereocenters. The summed E-state index contributed by atoms with van der Waals surface area (Å²) in [5.41, 5.74) is 0.976. The normalized spacial score (nSPS) is 15.1. The summed E-state index contributed by atoms with van der Waals surface area (Å²) in [4.78, 5) is 14.2. The first-order valence-electron chi connectivity index (χ1n) is 7.10. The molecule has 0 saturated carbocycles. The Bertz CT molecular complexity index is 437. The van der Waals surface area contributed by atoms with Gasteiger partial charge in [0.1, 0.15) is 5.75 Å². The highest BCUT2D eigenvalue weighted by Gasteiger charge is 2.09. The summed E-state index contributed by atoms with van der Waals surface area (Å²) in [7, 11) is 1.63. The first-order chi connectivity index (χ1) is 9.78. The number of hydrogen-bond donors (Lipinski definition) is 2. The molecule has 1 amide bonds. The van der Waals surface area contributed by atoms with Crippen LogP contribution in [0, 0.1) is 0 Å². The van der Waals surface area contributed by atoms with E-state index in [0.717, 1.165) is 44.0 Å². The number of benzene rings is 1. The van der Waals surface area contributed by atoms with E-state index in [1.807, 2.05) is 24.3 Å². The Hall–Kier alpha value is -1.30. The molecule has 1 saturated heterocycles. The molecule has 0 radical (unpaired) electrons. The monoisotopic (exact) mass is 313 g/mol. The zero-order valence-corrected chi connectivity index (χ0v) is 13.2. The summed E-state index contributed by atoms with van der Waals surface area (Å²) in [5, 5.41) is 6.29. The minimum atomic E-state index is 0. The predicted molar refractivity (Wildman–Crippen MR) is 86.3 cm³/mol. The average Bonchev–Trinajstić information content (AvgIpc) is 2.48. The Balaban J connectivity index is 0.00000220. The van der Waals surface area contributed by atoms with E-state index in [0.29, 0.717) is 13.0 Å². The van der Waals surface area contributed by atoms with Gasteiger partial charge < -0.3 is 15.4 Å². The Labute approximate surface area is 132 Å². The zero-order valence-electron chi connectivity index (χ0n) is 12.4. The van der Waals surface area contributed by atoms with Gasteiger partial charge in [0.15, 0.2) is 0 Å². The van der Waals surface area contributed by atoms with Crippen LogP contribution in [0.25, 0.3) is 0 Å². The van der Waals surface area contributed by atoms with Gasteiger partial charge in [0.2, 0.25) is 5.91 Å². The maximum Gasteiger partial charge on any atom is 0.224 e. The van der Waals surface area contributed by atoms with Crippen molar-refractivity contribution in [3.05, 3.63) is 29.8 Å². The first kappa shape index (κ1) is 17.8. The number of nitrogens with zero attached hydrogens (tertiary/aromatic N) is 1. The van der Waals surface area contributed by atoms with Crippen LogP contribution in [0.3, 0.4) is 0 Å². The summed E-state index contributed by atoms with van der Waals surface area (Å²) in [6.07, 6.45) is 0.402. The molecule has 118 valence electrons. The van der Waals surface area contributed by atoms with Crippen molar-refractivity contribution in [2.24, 2.45) is 0 Å². The highest BCUT2D eigenvalue weighted by molar-refractivity contribution is 5.85. The van der Waals surface area contributed by atoms with Gasteiger partial charge in [-0.15, -0.1) is 12.4 Å². The fourth-order valence-electron chi connectivity index (χ4n) is 2.32. The van der Waals surface area contributed by atoms with Gasteiger partial charge in [0.05, 0.1) is 13.5 Å². The zero-order chi connectivity index (χ0) is 14.2. The number of carbonyl (C=O) groups excluding carboxylic acids is 1. The van der Waals surface area contributed by atoms with Crippen LogP contribution in [-0.4, -0.2) is 57.2 Å². The van der Waals surface area contributed by atoms with Gasteiger partial charge in [0.25, 0.3) is 0 Å². The maximum absolute atomic E-state index is 11.9. The van der Waals surface area contributed by atoms with Crippen LogP contribution in [0.2, 0.25) is 0 Å². The van der Waals surface area contributed by atoms with E-state index in [-0.39, 0.29) is 18.3 Å². The lowest BCUT2D eigenvalue weighted by molar-refractivity contribution is -0.120. The molecule has 6 heteroatoms. The Morgan fingerprint density at radius 1 is 1.38 bits per heavy atom. The van der Waals surface area contributed by atoms with Crippen LogP contribution in [0.5, 0.6) is 5.75 Å². The second kappa shape index (κ2) is 9.60. The second-order valence-electron chi connectivity index (χ2n) is 4.97. The quantitative estimate of drug-likeness (QED) is 0.811. The van der Waals surface area contributed by atoms with Crippen molar-refractivity contribution in [2.75, 3.05) is 46.4 Å². The number of carbonyl (C=O) groups is 1. The van der Waals surface area contributed by atoms with Crippen molar-refractivity contribution in [3.63, 3.8) is 0 Å². The van der Waals surface area contributed by atoms with E-state index in [1.165, 1.54) is 0 Å². The second-order valence-corrected chi connectivity index (χ2v) is 4.97. The SMILES string of the molecule is COc1cccc(CC(=O)NCCN2CCNCC2)c1.Cl. The lowest BCUT2D eigenvalue weighted by atomic mass is 10.1. The molecule has 0 unspecified atom stereocenters. The molecule has 1 aromatic carbocycles. The van der Waals surface area contributed by atoms with Gasteiger partial charge in [-0.1, -0.05) is 12.1 Å². The summed E-state index contributed by atoms with van der Waals surface area (Å²) in [6.45, 7) is 5.83. The van der Waals surface area contributed by atoms with Crippen molar-refractivity contribution in [2.45, 2.75) is 6.42 Å². The van der Waals surface area contributed by atoms with Crippen LogP contribution in [0.15, 0.2) is 24.3 Å². The molecule has 0 aromatic heterocycles. The number of rotatable bonds is 6. The summed E-state index contributed by atoms with van der Waals surface area (Å²) in [5.74, 6) is 0.851. The van der Waals surface area contributed by atoms with Crippen molar-refractivity contribution < 1.29 is 9.53 Å². The van der Waals surface area contributed by atoms with Gasteiger partial charge in [0, 0.05) is 39.3 Å². The van der Waals surface area contributed by atoms with Gasteiger partial charge in [-0.05, 0) is 17.7 Å². The highest BCUT2D eigenvalue weighted by atomic mass is 35.5. The molecule has 0 bridgehead atoms. The number of piperazine rings is 1. The molecule has 1 aliphatic heterocycles. The van der Waals surface area contributed by atoms with Crippen molar-refractivity contribution in [1.29, 1.82) is 0 Å². The Kier molecular flexibility index (Phi) is 8.12. The van der Waals surface area contributed by atoms with Crippen LogP contribution >= 0.6 is 12.4 Å². The average molecular weight is 314 g/mol. The largest absolute Gasteiger partial charge is 0.497 e. The predicted octanol–water partition coefficient (Wildman–Crippen LogP) is 0.681. The molecule has 0 spiro atoms. The van der Waals surface area contributed by atoms with Gasteiger partial charge in [-0.2, -0.15) is 0 Å². The van der Waals surface area contributed by atoms with Crippen LogP contribution in [0.4, 0.5) is 0 Å². The molecular weight excluding hydrogens is 290 g/mol. The third kappa shape index (κ3) is 6.33. The van der Waals surface area contributed by atoms with E-state index >= 15 is 0 Å². The standard InChI is InChI=1S/C15H23N3O2.ClH/c1-20-14-4-2-3-13(11-14)12-15(19)17-7-10-18-8-5-16-6-9-18;/h2-4,11,16H,5-10,12H2,1H3,(H,17,19);1H. The highest BCUT2D eigenvalue weighted by Crippen LogP contribution is 2.12. The van der Waals surface area contributed by atoms with Crippen molar-refractivity contribution in [3.8, 4) is 5.75 Å². The fourth-order valence-corrected chi connectivity index (χ4v) is 2.32.